The number of carbonyl (C=O) groups excluding carboxylic acids is 1. The van der Waals surface area contributed by atoms with E-state index in [1.54, 1.807) is 5.57 Å². The first-order chi connectivity index (χ1) is 14.2. The summed E-state index contributed by atoms with van der Waals surface area (Å²) in [6.45, 7) is 20.1. The van der Waals surface area contributed by atoms with E-state index in [2.05, 4.69) is 60.4 Å². The maximum Gasteiger partial charge on any atom is 0.192 e. The van der Waals surface area contributed by atoms with Gasteiger partial charge in [-0.3, -0.25) is 4.79 Å². The predicted molar refractivity (Wildman–Crippen MR) is 129 cm³/mol. The molecule has 4 rings (SSSR count). The van der Waals surface area contributed by atoms with Gasteiger partial charge in [0.2, 0.25) is 0 Å². The van der Waals surface area contributed by atoms with Gasteiger partial charge in [-0.1, -0.05) is 58.9 Å². The SMILES string of the molecule is C=CC1(O)C[C@H]2[C@@H]3CC=C4C[C@@H](O[Si](C)(C)C(C)(C)C)CC[C@]4(C)[C@H]3CC[C@]2(C)C1=O. The second kappa shape index (κ2) is 7.14. The first kappa shape index (κ1) is 23.4. The van der Waals surface area contributed by atoms with E-state index in [-0.39, 0.29) is 22.2 Å². The van der Waals surface area contributed by atoms with Crippen molar-refractivity contribution in [3.05, 3.63) is 24.3 Å². The highest BCUT2D eigenvalue weighted by molar-refractivity contribution is 6.74. The number of rotatable bonds is 3. The minimum atomic E-state index is -1.77. The topological polar surface area (TPSA) is 46.5 Å². The van der Waals surface area contributed by atoms with Crippen molar-refractivity contribution in [1.82, 2.24) is 0 Å². The highest BCUT2D eigenvalue weighted by atomic mass is 28.4. The Labute approximate surface area is 190 Å². The molecule has 0 saturated heterocycles. The normalized spacial score (nSPS) is 45.4. The van der Waals surface area contributed by atoms with Crippen LogP contribution in [0.15, 0.2) is 24.3 Å². The zero-order valence-electron chi connectivity index (χ0n) is 20.9. The summed E-state index contributed by atoms with van der Waals surface area (Å²) in [7, 11) is -1.77. The summed E-state index contributed by atoms with van der Waals surface area (Å²) in [5.41, 5.74) is 0.105. The lowest BCUT2D eigenvalue weighted by Crippen LogP contribution is -2.52. The van der Waals surface area contributed by atoms with Crippen molar-refractivity contribution in [3.8, 4) is 0 Å². The third-order valence-corrected chi connectivity index (χ3v) is 15.0. The summed E-state index contributed by atoms with van der Waals surface area (Å²) in [6.07, 6.45) is 11.4. The van der Waals surface area contributed by atoms with Gasteiger partial charge >= 0.3 is 0 Å². The van der Waals surface area contributed by atoms with Crippen LogP contribution in [-0.4, -0.2) is 30.9 Å². The van der Waals surface area contributed by atoms with E-state index in [9.17, 15) is 9.90 Å². The molecule has 4 aliphatic carbocycles. The first-order valence-electron chi connectivity index (χ1n) is 12.5. The van der Waals surface area contributed by atoms with E-state index >= 15 is 0 Å². The molecule has 0 radical (unpaired) electrons. The molecule has 3 saturated carbocycles. The van der Waals surface area contributed by atoms with Crippen molar-refractivity contribution < 1.29 is 14.3 Å². The third-order valence-electron chi connectivity index (χ3n) is 10.5. The molecule has 174 valence electrons. The average molecular weight is 445 g/mol. The summed E-state index contributed by atoms with van der Waals surface area (Å²) in [5.74, 6) is 1.38. The summed E-state index contributed by atoms with van der Waals surface area (Å²) in [5, 5.41) is 11.2. The number of carbonyl (C=O) groups is 1. The van der Waals surface area contributed by atoms with Gasteiger partial charge in [0.05, 0.1) is 0 Å². The van der Waals surface area contributed by atoms with Crippen LogP contribution in [0.25, 0.3) is 0 Å². The number of hydrogen-bond acceptors (Lipinski definition) is 3. The molecule has 0 aromatic carbocycles. The molecule has 0 aromatic heterocycles. The molecule has 0 aliphatic heterocycles. The van der Waals surface area contributed by atoms with Crippen molar-refractivity contribution in [2.24, 2.45) is 28.6 Å². The molecule has 0 amide bonds. The van der Waals surface area contributed by atoms with Gasteiger partial charge in [0.15, 0.2) is 14.1 Å². The maximum absolute atomic E-state index is 13.2. The Bertz CT molecular complexity index is 808. The molecule has 1 N–H and O–H groups in total. The standard InChI is InChI=1S/C27H44O3Si/c1-9-27(29)17-22-20-11-10-18-16-19(30-31(7,8)24(2,3)4)12-14-25(18,5)21(20)13-15-26(22,6)23(27)28/h9-10,19-22,29H,1,11-17H2,2-8H3/t19-,20+,21-,22-,25-,26-,27?/m0/s1. The molecule has 1 unspecified atom stereocenters. The second-order valence-electron chi connectivity index (χ2n) is 13.1. The van der Waals surface area contributed by atoms with Crippen LogP contribution in [-0.2, 0) is 9.22 Å². The second-order valence-corrected chi connectivity index (χ2v) is 17.9. The van der Waals surface area contributed by atoms with Gasteiger partial charge in [0, 0.05) is 11.5 Å². The number of ketones is 1. The smallest absolute Gasteiger partial charge is 0.192 e. The molecule has 3 nitrogen and oxygen atoms in total. The molecule has 31 heavy (non-hydrogen) atoms. The fourth-order valence-corrected chi connectivity index (χ4v) is 8.79. The Kier molecular flexibility index (Phi) is 5.40. The zero-order chi connectivity index (χ0) is 23.0. The number of allylic oxidation sites excluding steroid dienone is 1. The van der Waals surface area contributed by atoms with Gasteiger partial charge in [-0.15, -0.1) is 0 Å². The highest BCUT2D eigenvalue weighted by Gasteiger charge is 2.64. The lowest BCUT2D eigenvalue weighted by molar-refractivity contribution is -0.140. The van der Waals surface area contributed by atoms with Crippen molar-refractivity contribution in [3.63, 3.8) is 0 Å². The van der Waals surface area contributed by atoms with Crippen LogP contribution in [0.5, 0.6) is 0 Å². The summed E-state index contributed by atoms with van der Waals surface area (Å²) >= 11 is 0. The molecule has 0 heterocycles. The molecule has 0 spiro atoms. The number of Topliss-reactive ketones (excluding diaryl/α,β-unsaturated/α-hetero) is 1. The Morgan fingerprint density at radius 1 is 1.16 bits per heavy atom. The van der Waals surface area contributed by atoms with Crippen molar-refractivity contribution in [1.29, 1.82) is 0 Å². The van der Waals surface area contributed by atoms with Crippen LogP contribution in [0.3, 0.4) is 0 Å². The quantitative estimate of drug-likeness (QED) is 0.403. The average Bonchev–Trinajstić information content (AvgIpc) is 2.88. The fourth-order valence-electron chi connectivity index (χ4n) is 7.40. The minimum absolute atomic E-state index is 0.0184. The van der Waals surface area contributed by atoms with E-state index in [4.69, 9.17) is 4.43 Å². The van der Waals surface area contributed by atoms with Crippen molar-refractivity contribution in [2.45, 2.75) is 109 Å². The molecule has 4 heteroatoms. The Hall–Kier alpha value is -0.713. The third kappa shape index (κ3) is 3.38. The van der Waals surface area contributed by atoms with E-state index in [0.29, 0.717) is 24.4 Å². The van der Waals surface area contributed by atoms with Crippen molar-refractivity contribution >= 4 is 14.1 Å². The van der Waals surface area contributed by atoms with Crippen LogP contribution in [0, 0.1) is 28.6 Å². The van der Waals surface area contributed by atoms with Gasteiger partial charge in [-0.05, 0) is 86.2 Å². The van der Waals surface area contributed by atoms with E-state index < -0.39 is 19.3 Å². The fraction of sp³-hybridized carbons (Fsp3) is 0.815. The molecule has 0 aromatic rings. The molecule has 7 atom stereocenters. The van der Waals surface area contributed by atoms with Crippen molar-refractivity contribution in [2.75, 3.05) is 0 Å². The van der Waals surface area contributed by atoms with Crippen LogP contribution in [0.4, 0.5) is 0 Å². The molecular formula is C27H44O3Si. The predicted octanol–water partition coefficient (Wildman–Crippen LogP) is 6.44. The zero-order valence-corrected chi connectivity index (χ0v) is 21.9. The molecule has 3 fully saturated rings. The minimum Gasteiger partial charge on any atom is -0.414 e. The van der Waals surface area contributed by atoms with Gasteiger partial charge in [0.25, 0.3) is 0 Å². The first-order valence-corrected chi connectivity index (χ1v) is 15.4. The van der Waals surface area contributed by atoms with Gasteiger partial charge in [-0.25, -0.2) is 0 Å². The van der Waals surface area contributed by atoms with E-state index in [1.807, 2.05) is 0 Å². The molecule has 0 bridgehead atoms. The number of fused-ring (bicyclic) bond motifs is 5. The monoisotopic (exact) mass is 444 g/mol. The summed E-state index contributed by atoms with van der Waals surface area (Å²) in [6, 6.07) is 0. The van der Waals surface area contributed by atoms with Crippen LogP contribution in [0.1, 0.15) is 79.6 Å². The Morgan fingerprint density at radius 2 is 1.81 bits per heavy atom. The lowest BCUT2D eigenvalue weighted by Gasteiger charge is -2.57. The lowest BCUT2D eigenvalue weighted by atomic mass is 9.48. The Morgan fingerprint density at radius 3 is 2.42 bits per heavy atom. The van der Waals surface area contributed by atoms with E-state index in [1.165, 1.54) is 12.5 Å². The van der Waals surface area contributed by atoms with Crippen LogP contribution < -0.4 is 0 Å². The van der Waals surface area contributed by atoms with E-state index in [0.717, 1.165) is 32.1 Å². The molecule has 4 aliphatic rings. The number of hydrogen-bond donors (Lipinski definition) is 1. The van der Waals surface area contributed by atoms with Gasteiger partial charge < -0.3 is 9.53 Å². The van der Waals surface area contributed by atoms with Crippen LogP contribution >= 0.6 is 0 Å². The summed E-state index contributed by atoms with van der Waals surface area (Å²) in [4.78, 5) is 13.2. The molecular weight excluding hydrogens is 400 g/mol. The van der Waals surface area contributed by atoms with Gasteiger partial charge in [0.1, 0.15) is 5.60 Å². The Balaban J connectivity index is 1.57. The number of aliphatic hydroxyl groups is 1. The summed E-state index contributed by atoms with van der Waals surface area (Å²) < 4.78 is 6.82. The maximum atomic E-state index is 13.2. The highest BCUT2D eigenvalue weighted by Crippen LogP contribution is 2.65. The largest absolute Gasteiger partial charge is 0.414 e. The van der Waals surface area contributed by atoms with Crippen LogP contribution in [0.2, 0.25) is 18.1 Å². The van der Waals surface area contributed by atoms with Gasteiger partial charge in [-0.2, -0.15) is 0 Å².